The third kappa shape index (κ3) is 6.72. The monoisotopic (exact) mass is 488 g/mol. The molecule has 0 amide bonds. The molecule has 184 valence electrons. The quantitative estimate of drug-likeness (QED) is 0.115. The second kappa shape index (κ2) is 12.5. The molecule has 0 saturated carbocycles. The van der Waals surface area contributed by atoms with Crippen LogP contribution in [0.1, 0.15) is 36.9 Å². The van der Waals surface area contributed by atoms with E-state index in [0.717, 1.165) is 47.5 Å². The Hall–Kier alpha value is -3.13. The molecule has 1 unspecified atom stereocenters. The zero-order valence-electron chi connectivity index (χ0n) is 20.6. The summed E-state index contributed by atoms with van der Waals surface area (Å²) < 4.78 is 3.00. The molecule has 6 nitrogen and oxygen atoms in total. The van der Waals surface area contributed by atoms with Gasteiger partial charge < -0.3 is 15.7 Å². The summed E-state index contributed by atoms with van der Waals surface area (Å²) in [5.41, 5.74) is 6.77. The highest BCUT2D eigenvalue weighted by Gasteiger charge is 2.40. The molecule has 1 atom stereocenters. The van der Waals surface area contributed by atoms with E-state index in [-0.39, 0.29) is 5.41 Å². The van der Waals surface area contributed by atoms with Gasteiger partial charge in [-0.25, -0.2) is 5.84 Å². The van der Waals surface area contributed by atoms with Gasteiger partial charge in [0.15, 0.2) is 0 Å². The maximum Gasteiger partial charge on any atom is 0.0664 e. The topological polar surface area (TPSA) is 90.1 Å². The van der Waals surface area contributed by atoms with Crippen molar-refractivity contribution in [2.75, 3.05) is 18.9 Å². The van der Waals surface area contributed by atoms with Crippen molar-refractivity contribution in [2.24, 2.45) is 11.3 Å². The molecule has 1 aliphatic rings. The van der Waals surface area contributed by atoms with Crippen LogP contribution in [0.2, 0.25) is 0 Å². The smallest absolute Gasteiger partial charge is 0.0664 e. The maximum absolute atomic E-state index is 8.26. The summed E-state index contributed by atoms with van der Waals surface area (Å²) in [6.45, 7) is 7.35. The van der Waals surface area contributed by atoms with Crippen LogP contribution in [0.25, 0.3) is 5.57 Å². The normalized spacial score (nSPS) is 17.9. The summed E-state index contributed by atoms with van der Waals surface area (Å²) in [5.74, 6) is 5.78. The van der Waals surface area contributed by atoms with Gasteiger partial charge in [-0.3, -0.25) is 9.71 Å². The van der Waals surface area contributed by atoms with Gasteiger partial charge in [-0.05, 0) is 74.1 Å². The molecule has 1 heterocycles. The van der Waals surface area contributed by atoms with E-state index in [9.17, 15) is 0 Å². The van der Waals surface area contributed by atoms with Crippen molar-refractivity contribution in [1.29, 1.82) is 5.41 Å². The fourth-order valence-electron chi connectivity index (χ4n) is 4.54. The number of benzene rings is 1. The molecule has 5 N–H and O–H groups in total. The number of nitrogens with zero attached hydrogens (tertiary/aromatic N) is 2. The number of aromatic nitrogens is 1. The summed E-state index contributed by atoms with van der Waals surface area (Å²) in [5, 5.41) is 13.4. The largest absolute Gasteiger partial charge is 0.355 e. The van der Waals surface area contributed by atoms with Crippen molar-refractivity contribution in [2.45, 2.75) is 32.6 Å². The number of thiol groups is 1. The van der Waals surface area contributed by atoms with Crippen LogP contribution in [0.5, 0.6) is 0 Å². The van der Waals surface area contributed by atoms with Crippen LogP contribution in [-0.4, -0.2) is 29.8 Å². The zero-order chi connectivity index (χ0) is 25.3. The van der Waals surface area contributed by atoms with Crippen LogP contribution in [0.15, 0.2) is 90.4 Å². The Bertz CT molecular complexity index is 1100. The minimum Gasteiger partial charge on any atom is -0.355 e. The molecule has 0 aliphatic heterocycles. The number of pyridine rings is 1. The molecular formula is C28H36N6S. The number of nitrogens with one attached hydrogen (secondary N) is 3. The number of allylic oxidation sites excluding steroid dienone is 4. The van der Waals surface area contributed by atoms with Crippen LogP contribution >= 0.6 is 12.8 Å². The first-order valence-corrected chi connectivity index (χ1v) is 12.2. The molecule has 1 aromatic heterocycles. The summed E-state index contributed by atoms with van der Waals surface area (Å²) >= 11 is 4.25. The zero-order valence-corrected chi connectivity index (χ0v) is 21.5. The molecule has 0 radical (unpaired) electrons. The molecule has 0 saturated heterocycles. The summed E-state index contributed by atoms with van der Waals surface area (Å²) in [7, 11) is 1.81. The fourth-order valence-corrected chi connectivity index (χ4v) is 4.65. The molecule has 0 bridgehead atoms. The van der Waals surface area contributed by atoms with E-state index < -0.39 is 0 Å². The third-order valence-corrected chi connectivity index (χ3v) is 6.64. The molecule has 3 rings (SSSR count). The first-order chi connectivity index (χ1) is 16.9. The highest BCUT2D eigenvalue weighted by Crippen LogP contribution is 2.52. The highest BCUT2D eigenvalue weighted by atomic mass is 32.1. The fraction of sp³-hybridized carbons (Fsp3) is 0.286. The molecule has 2 aromatic rings. The second-order valence-electron chi connectivity index (χ2n) is 8.94. The van der Waals surface area contributed by atoms with Crippen molar-refractivity contribution in [3.63, 3.8) is 0 Å². The van der Waals surface area contributed by atoms with Gasteiger partial charge in [-0.1, -0.05) is 54.8 Å². The molecule has 1 aromatic carbocycles. The van der Waals surface area contributed by atoms with Crippen LogP contribution < -0.4 is 15.9 Å². The number of hydrogen-bond donors (Lipinski definition) is 5. The first kappa shape index (κ1) is 26.5. The Morgan fingerprint density at radius 1 is 1.29 bits per heavy atom. The molecule has 1 aliphatic carbocycles. The van der Waals surface area contributed by atoms with Crippen LogP contribution in [0, 0.1) is 17.7 Å². The van der Waals surface area contributed by atoms with Gasteiger partial charge in [0.2, 0.25) is 0 Å². The van der Waals surface area contributed by atoms with Crippen LogP contribution in [0.3, 0.4) is 0 Å². The van der Waals surface area contributed by atoms with Crippen molar-refractivity contribution < 1.29 is 0 Å². The lowest BCUT2D eigenvalue weighted by molar-refractivity contribution is 0.418. The summed E-state index contributed by atoms with van der Waals surface area (Å²) in [6.07, 6.45) is 12.5. The number of hydrazine groups is 1. The average molecular weight is 489 g/mol. The van der Waals surface area contributed by atoms with Gasteiger partial charge in [0.25, 0.3) is 0 Å². The van der Waals surface area contributed by atoms with Gasteiger partial charge >= 0.3 is 0 Å². The minimum absolute atomic E-state index is 0.387. The standard InChI is InChI=1S/C28H36N6S/c1-21-9-11-25(12-10-21)33-27-18-24(13-16-32-35)28(19-23(27)20-29,14-5-7-17-34(3)30)22(2)26-8-4-6-15-31-26/h4,6-12,15,17-18,20,29,32-33,35H,2,5,13-14,16,19,30H2,1,3H3/b17-7-,29-20?. The lowest BCUT2D eigenvalue weighted by Crippen LogP contribution is -2.31. The van der Waals surface area contributed by atoms with Gasteiger partial charge in [0, 0.05) is 49.0 Å². The third-order valence-electron chi connectivity index (χ3n) is 6.41. The molecular weight excluding hydrogens is 452 g/mol. The summed E-state index contributed by atoms with van der Waals surface area (Å²) in [4.78, 5) is 4.62. The van der Waals surface area contributed by atoms with E-state index in [4.69, 9.17) is 11.3 Å². The SMILES string of the molecule is C=C(c1ccccn1)C1(CC/C=C\N(C)N)CC(C=N)=C(Nc2ccc(C)cc2)C=C1CCNS. The average Bonchev–Trinajstić information content (AvgIpc) is 2.87. The van der Waals surface area contributed by atoms with E-state index in [2.05, 4.69) is 77.8 Å². The van der Waals surface area contributed by atoms with E-state index in [0.29, 0.717) is 13.0 Å². The lowest BCUT2D eigenvalue weighted by Gasteiger charge is -2.42. The Morgan fingerprint density at radius 2 is 2.06 bits per heavy atom. The summed E-state index contributed by atoms with van der Waals surface area (Å²) in [6, 6.07) is 14.2. The van der Waals surface area contributed by atoms with Crippen molar-refractivity contribution in [1.82, 2.24) is 14.7 Å². The number of anilines is 1. The predicted molar refractivity (Wildman–Crippen MR) is 151 cm³/mol. The van der Waals surface area contributed by atoms with E-state index >= 15 is 0 Å². The van der Waals surface area contributed by atoms with Crippen LogP contribution in [0.4, 0.5) is 5.69 Å². The number of rotatable bonds is 12. The first-order valence-electron chi connectivity index (χ1n) is 11.8. The van der Waals surface area contributed by atoms with Crippen molar-refractivity contribution in [3.8, 4) is 0 Å². The number of nitrogens with two attached hydrogens (primary N) is 1. The van der Waals surface area contributed by atoms with Crippen molar-refractivity contribution >= 4 is 30.3 Å². The second-order valence-corrected chi connectivity index (χ2v) is 9.26. The Morgan fingerprint density at radius 3 is 2.69 bits per heavy atom. The molecule has 35 heavy (non-hydrogen) atoms. The van der Waals surface area contributed by atoms with E-state index in [1.54, 1.807) is 11.2 Å². The molecule has 0 fully saturated rings. The minimum atomic E-state index is -0.387. The number of aryl methyl sites for hydroxylation is 1. The Labute approximate surface area is 214 Å². The van der Waals surface area contributed by atoms with Gasteiger partial charge in [0.05, 0.1) is 5.69 Å². The maximum atomic E-state index is 8.26. The van der Waals surface area contributed by atoms with E-state index in [1.807, 2.05) is 31.4 Å². The molecule has 0 spiro atoms. The van der Waals surface area contributed by atoms with Gasteiger partial charge in [-0.2, -0.15) is 0 Å². The predicted octanol–water partition coefficient (Wildman–Crippen LogP) is 5.66. The van der Waals surface area contributed by atoms with Crippen LogP contribution in [-0.2, 0) is 0 Å². The van der Waals surface area contributed by atoms with Crippen molar-refractivity contribution in [3.05, 3.63) is 102 Å². The Balaban J connectivity index is 2.06. The molecule has 7 heteroatoms. The number of hydrogen-bond acceptors (Lipinski definition) is 7. The Kier molecular flexibility index (Phi) is 9.48. The highest BCUT2D eigenvalue weighted by molar-refractivity contribution is 7.78. The van der Waals surface area contributed by atoms with E-state index in [1.165, 1.54) is 17.4 Å². The van der Waals surface area contributed by atoms with Gasteiger partial charge in [-0.15, -0.1) is 0 Å². The van der Waals surface area contributed by atoms with Gasteiger partial charge in [0.1, 0.15) is 0 Å². The lowest BCUT2D eigenvalue weighted by atomic mass is 9.63.